The Kier molecular flexibility index (Phi) is 6.81. The molecule has 5 rings (SSSR count). The van der Waals surface area contributed by atoms with Crippen molar-refractivity contribution in [3.63, 3.8) is 0 Å². The molecule has 2 saturated heterocycles. The molecule has 7 nitrogen and oxygen atoms in total. The van der Waals surface area contributed by atoms with E-state index < -0.39 is 0 Å². The molecule has 2 aliphatic heterocycles. The minimum atomic E-state index is -0.261. The van der Waals surface area contributed by atoms with Crippen LogP contribution in [0, 0.1) is 12.7 Å². The van der Waals surface area contributed by atoms with Gasteiger partial charge in [0.15, 0.2) is 0 Å². The van der Waals surface area contributed by atoms with Crippen molar-refractivity contribution in [3.8, 4) is 0 Å². The quantitative estimate of drug-likeness (QED) is 0.369. The number of carbonyl (C=O) groups is 1. The average Bonchev–Trinajstić information content (AvgIpc) is 3.14. The zero-order valence-electron chi connectivity index (χ0n) is 20.1. The number of aromatic nitrogens is 2. The van der Waals surface area contributed by atoms with Crippen molar-refractivity contribution in [2.24, 2.45) is 0 Å². The first-order valence-corrected chi connectivity index (χ1v) is 13.1. The molecule has 10 heteroatoms. The Labute approximate surface area is 218 Å². The molecule has 0 atom stereocenters. The lowest BCUT2D eigenvalue weighted by molar-refractivity contribution is -0.122. The predicted octanol–water partition coefficient (Wildman–Crippen LogP) is 4.08. The fourth-order valence-corrected chi connectivity index (χ4v) is 5.83. The van der Waals surface area contributed by atoms with Crippen LogP contribution in [0.3, 0.4) is 0 Å². The number of hydrogen-bond donors (Lipinski definition) is 0. The van der Waals surface area contributed by atoms with Crippen LogP contribution in [0.1, 0.15) is 24.5 Å². The molecule has 186 valence electrons. The van der Waals surface area contributed by atoms with Gasteiger partial charge in [-0.05, 0) is 55.3 Å². The minimum absolute atomic E-state index is 0.173. The molecule has 0 spiro atoms. The van der Waals surface area contributed by atoms with Gasteiger partial charge in [0.1, 0.15) is 21.6 Å². The van der Waals surface area contributed by atoms with Gasteiger partial charge in [0.25, 0.3) is 11.5 Å². The number of nitrogens with zero attached hydrogens (tertiary/aromatic N) is 5. The number of anilines is 2. The number of fused-ring (bicyclic) bond motifs is 1. The summed E-state index contributed by atoms with van der Waals surface area (Å²) in [6.07, 6.45) is 4.15. The minimum Gasteiger partial charge on any atom is -0.368 e. The topological polar surface area (TPSA) is 61.2 Å². The number of carbonyl (C=O) groups excluding carboxylic acids is 1. The summed E-state index contributed by atoms with van der Waals surface area (Å²) >= 11 is 6.64. The molecule has 3 aromatic rings. The zero-order chi connectivity index (χ0) is 25.4. The van der Waals surface area contributed by atoms with E-state index in [9.17, 15) is 14.0 Å². The highest BCUT2D eigenvalue weighted by atomic mass is 32.2. The number of aryl methyl sites for hydroxylation is 1. The predicted molar refractivity (Wildman–Crippen MR) is 147 cm³/mol. The molecule has 1 amide bonds. The summed E-state index contributed by atoms with van der Waals surface area (Å²) in [6.45, 7) is 7.11. The molecule has 36 heavy (non-hydrogen) atoms. The summed E-state index contributed by atoms with van der Waals surface area (Å²) in [5.74, 6) is 0.129. The second kappa shape index (κ2) is 10.0. The Hall–Kier alpha value is -3.24. The van der Waals surface area contributed by atoms with Crippen molar-refractivity contribution in [2.75, 3.05) is 42.5 Å². The van der Waals surface area contributed by atoms with E-state index in [0.717, 1.165) is 17.7 Å². The number of pyridine rings is 1. The molecular formula is C26H26FN5O2S2. The molecule has 0 radical (unpaired) electrons. The van der Waals surface area contributed by atoms with Crippen LogP contribution in [0.25, 0.3) is 11.7 Å². The fraction of sp³-hybridized carbons (Fsp3) is 0.308. The number of thioether (sulfide) groups is 1. The lowest BCUT2D eigenvalue weighted by Crippen LogP contribution is -2.47. The van der Waals surface area contributed by atoms with Gasteiger partial charge in [0.2, 0.25) is 0 Å². The fourth-order valence-electron chi connectivity index (χ4n) is 4.54. The first kappa shape index (κ1) is 24.5. The molecule has 2 aromatic heterocycles. The van der Waals surface area contributed by atoms with E-state index in [2.05, 4.69) is 9.80 Å². The normalized spacial score (nSPS) is 17.6. The maximum Gasteiger partial charge on any atom is 0.267 e. The van der Waals surface area contributed by atoms with E-state index in [4.69, 9.17) is 17.2 Å². The van der Waals surface area contributed by atoms with Gasteiger partial charge < -0.3 is 9.80 Å². The molecule has 0 bridgehead atoms. The summed E-state index contributed by atoms with van der Waals surface area (Å²) in [6, 6.07) is 10.2. The van der Waals surface area contributed by atoms with E-state index in [1.807, 2.05) is 26.0 Å². The van der Waals surface area contributed by atoms with Crippen LogP contribution in [0.4, 0.5) is 15.9 Å². The Morgan fingerprint density at radius 1 is 1.08 bits per heavy atom. The number of amides is 1. The third-order valence-corrected chi connectivity index (χ3v) is 7.81. The maximum absolute atomic E-state index is 13.7. The van der Waals surface area contributed by atoms with Crippen molar-refractivity contribution in [3.05, 3.63) is 74.8 Å². The smallest absolute Gasteiger partial charge is 0.267 e. The first-order valence-electron chi connectivity index (χ1n) is 11.9. The molecule has 0 N–H and O–H groups in total. The summed E-state index contributed by atoms with van der Waals surface area (Å²) < 4.78 is 15.4. The standard InChI is InChI=1S/C26H26FN5O2S2/c1-3-10-32-25(34)21(36-26(32)35)16-20-23(28-22-17(2)5-4-11-31(22)24(20)33)30-14-12-29(13-15-30)19-8-6-18(27)7-9-19/h4-9,11,16H,3,10,12-15H2,1-2H3/b21-16+. The van der Waals surface area contributed by atoms with Crippen LogP contribution in [-0.2, 0) is 4.79 Å². The second-order valence-electron chi connectivity index (χ2n) is 8.82. The number of benzene rings is 1. The molecular weight excluding hydrogens is 497 g/mol. The van der Waals surface area contributed by atoms with Crippen LogP contribution in [0.5, 0.6) is 0 Å². The number of thiocarbonyl (C=S) groups is 1. The van der Waals surface area contributed by atoms with E-state index in [0.29, 0.717) is 59.0 Å². The molecule has 0 unspecified atom stereocenters. The van der Waals surface area contributed by atoms with Crippen LogP contribution in [0.15, 0.2) is 52.3 Å². The Bertz CT molecular complexity index is 1430. The molecule has 4 heterocycles. The second-order valence-corrected chi connectivity index (χ2v) is 10.5. The third kappa shape index (κ3) is 4.51. The van der Waals surface area contributed by atoms with E-state index >= 15 is 0 Å². The monoisotopic (exact) mass is 523 g/mol. The van der Waals surface area contributed by atoms with Gasteiger partial charge in [-0.2, -0.15) is 0 Å². The van der Waals surface area contributed by atoms with Crippen molar-refractivity contribution >= 4 is 57.4 Å². The maximum atomic E-state index is 13.7. The summed E-state index contributed by atoms with van der Waals surface area (Å²) in [4.78, 5) is 37.9. The zero-order valence-corrected chi connectivity index (χ0v) is 21.7. The van der Waals surface area contributed by atoms with Crippen LogP contribution in [-0.4, -0.2) is 57.2 Å². The highest BCUT2D eigenvalue weighted by Gasteiger charge is 2.32. The lowest BCUT2D eigenvalue weighted by Gasteiger charge is -2.37. The van der Waals surface area contributed by atoms with Crippen molar-refractivity contribution in [1.29, 1.82) is 0 Å². The van der Waals surface area contributed by atoms with Gasteiger partial charge in [0.05, 0.1) is 10.5 Å². The van der Waals surface area contributed by atoms with E-state index in [1.165, 1.54) is 28.3 Å². The highest BCUT2D eigenvalue weighted by Crippen LogP contribution is 2.34. The molecule has 0 aliphatic carbocycles. The van der Waals surface area contributed by atoms with E-state index in [-0.39, 0.29) is 17.3 Å². The number of rotatable bonds is 5. The number of hydrogen-bond acceptors (Lipinski definition) is 7. The number of piperazine rings is 1. The SMILES string of the molecule is CCCN1C(=O)/C(=C\c2c(N3CCN(c4ccc(F)cc4)CC3)nc3c(C)cccn3c2=O)SC1=S. The molecule has 1 aromatic carbocycles. The number of halogens is 1. The average molecular weight is 524 g/mol. The van der Waals surface area contributed by atoms with Crippen LogP contribution >= 0.6 is 24.0 Å². The Morgan fingerprint density at radius 3 is 2.47 bits per heavy atom. The summed E-state index contributed by atoms with van der Waals surface area (Å²) in [5, 5.41) is 0. The third-order valence-electron chi connectivity index (χ3n) is 6.43. The van der Waals surface area contributed by atoms with Crippen LogP contribution in [0.2, 0.25) is 0 Å². The van der Waals surface area contributed by atoms with Gasteiger partial charge in [-0.1, -0.05) is 37.0 Å². The van der Waals surface area contributed by atoms with E-state index in [1.54, 1.807) is 29.3 Å². The van der Waals surface area contributed by atoms with Gasteiger partial charge in [-0.3, -0.25) is 18.9 Å². The largest absolute Gasteiger partial charge is 0.368 e. The van der Waals surface area contributed by atoms with Crippen LogP contribution < -0.4 is 15.4 Å². The highest BCUT2D eigenvalue weighted by molar-refractivity contribution is 8.26. The summed E-state index contributed by atoms with van der Waals surface area (Å²) in [5.41, 5.74) is 2.60. The molecule has 2 fully saturated rings. The molecule has 2 aliphatic rings. The van der Waals surface area contributed by atoms with Gasteiger partial charge in [-0.25, -0.2) is 9.37 Å². The Morgan fingerprint density at radius 2 is 1.78 bits per heavy atom. The van der Waals surface area contributed by atoms with Gasteiger partial charge in [-0.15, -0.1) is 0 Å². The van der Waals surface area contributed by atoms with Crippen molar-refractivity contribution < 1.29 is 9.18 Å². The van der Waals surface area contributed by atoms with Crippen molar-refractivity contribution in [1.82, 2.24) is 14.3 Å². The van der Waals surface area contributed by atoms with Gasteiger partial charge >= 0.3 is 0 Å². The molecule has 0 saturated carbocycles. The van der Waals surface area contributed by atoms with Gasteiger partial charge in [0, 0.05) is 44.6 Å². The Balaban J connectivity index is 1.53. The first-order chi connectivity index (χ1) is 17.4. The lowest BCUT2D eigenvalue weighted by atomic mass is 10.2. The van der Waals surface area contributed by atoms with Crippen molar-refractivity contribution in [2.45, 2.75) is 20.3 Å². The summed E-state index contributed by atoms with van der Waals surface area (Å²) in [7, 11) is 0.